The second-order valence-corrected chi connectivity index (χ2v) is 6.83. The molecule has 0 aliphatic rings. The number of benzene rings is 2. The maximum absolute atomic E-state index is 13.5. The van der Waals surface area contributed by atoms with Crippen LogP contribution in [0, 0.1) is 5.82 Å². The Labute approximate surface area is 168 Å². The first-order chi connectivity index (χ1) is 14.5. The van der Waals surface area contributed by atoms with Gasteiger partial charge in [-0.2, -0.15) is 4.98 Å². The summed E-state index contributed by atoms with van der Waals surface area (Å²) in [6.45, 7) is 0. The fourth-order valence-electron chi connectivity index (χ4n) is 3.57. The van der Waals surface area contributed by atoms with Crippen LogP contribution in [0.15, 0.2) is 64.3 Å². The number of fused-ring (bicyclic) bond motifs is 3. The van der Waals surface area contributed by atoms with E-state index in [0.717, 1.165) is 11.3 Å². The zero-order chi connectivity index (χ0) is 21.0. The second-order valence-electron chi connectivity index (χ2n) is 6.83. The first-order valence-electron chi connectivity index (χ1n) is 9.11. The summed E-state index contributed by atoms with van der Waals surface area (Å²) < 4.78 is 23.5. The van der Waals surface area contributed by atoms with E-state index >= 15 is 0 Å². The summed E-state index contributed by atoms with van der Waals surface area (Å²) in [6, 6.07) is 13.4. The fraction of sp³-hybridized carbons (Fsp3) is 0.0952. The third kappa shape index (κ3) is 2.55. The standard InChI is InChI=1S/C21H16FN5O3/c1-25-18-17(19(28)24-21(25)29)26-11-16(12-3-5-13(22)6-4-12)27(20(26)23-18)14-7-9-15(30-2)10-8-14/h3-11H,1-2H3,(H,24,28,29). The average molecular weight is 405 g/mol. The van der Waals surface area contributed by atoms with Gasteiger partial charge in [-0.05, 0) is 48.5 Å². The van der Waals surface area contributed by atoms with Crippen LogP contribution >= 0.6 is 0 Å². The van der Waals surface area contributed by atoms with E-state index in [1.54, 1.807) is 36.9 Å². The highest BCUT2D eigenvalue weighted by molar-refractivity contribution is 5.79. The predicted octanol–water partition coefficient (Wildman–Crippen LogP) is 2.48. The molecular formula is C21H16FN5O3. The lowest BCUT2D eigenvalue weighted by Crippen LogP contribution is -2.28. The molecule has 0 amide bonds. The van der Waals surface area contributed by atoms with E-state index in [1.165, 1.54) is 16.7 Å². The molecule has 0 bridgehead atoms. The van der Waals surface area contributed by atoms with E-state index < -0.39 is 11.2 Å². The molecule has 30 heavy (non-hydrogen) atoms. The van der Waals surface area contributed by atoms with Crippen LogP contribution in [-0.4, -0.2) is 30.6 Å². The maximum atomic E-state index is 13.5. The predicted molar refractivity (Wildman–Crippen MR) is 110 cm³/mol. The van der Waals surface area contributed by atoms with Gasteiger partial charge in [0.2, 0.25) is 5.78 Å². The van der Waals surface area contributed by atoms with Crippen LogP contribution in [0.3, 0.4) is 0 Å². The molecule has 1 N–H and O–H groups in total. The first kappa shape index (κ1) is 17.9. The lowest BCUT2D eigenvalue weighted by atomic mass is 10.1. The number of imidazole rings is 2. The molecule has 0 radical (unpaired) electrons. The Morgan fingerprint density at radius 1 is 1.03 bits per heavy atom. The number of aryl methyl sites for hydroxylation is 1. The van der Waals surface area contributed by atoms with E-state index in [2.05, 4.69) is 9.97 Å². The van der Waals surface area contributed by atoms with Crippen molar-refractivity contribution in [1.82, 2.24) is 23.5 Å². The van der Waals surface area contributed by atoms with E-state index in [-0.39, 0.29) is 17.0 Å². The minimum Gasteiger partial charge on any atom is -0.497 e. The van der Waals surface area contributed by atoms with Crippen LogP contribution in [0.2, 0.25) is 0 Å². The zero-order valence-electron chi connectivity index (χ0n) is 16.1. The number of aromatic nitrogens is 5. The van der Waals surface area contributed by atoms with Gasteiger partial charge >= 0.3 is 5.69 Å². The van der Waals surface area contributed by atoms with Gasteiger partial charge in [0.15, 0.2) is 11.2 Å². The van der Waals surface area contributed by atoms with Crippen molar-refractivity contribution in [1.29, 1.82) is 0 Å². The molecular weight excluding hydrogens is 389 g/mol. The largest absolute Gasteiger partial charge is 0.497 e. The number of aromatic amines is 1. The number of halogens is 1. The van der Waals surface area contributed by atoms with Crippen molar-refractivity contribution in [3.05, 3.63) is 81.4 Å². The van der Waals surface area contributed by atoms with Crippen molar-refractivity contribution in [3.8, 4) is 22.7 Å². The van der Waals surface area contributed by atoms with Crippen molar-refractivity contribution in [2.45, 2.75) is 0 Å². The normalized spacial score (nSPS) is 11.4. The molecule has 0 saturated carbocycles. The Morgan fingerprint density at radius 3 is 2.40 bits per heavy atom. The molecule has 9 heteroatoms. The number of nitrogens with one attached hydrogen (secondary N) is 1. The molecule has 5 rings (SSSR count). The monoisotopic (exact) mass is 405 g/mol. The van der Waals surface area contributed by atoms with Gasteiger partial charge in [0.25, 0.3) is 5.56 Å². The van der Waals surface area contributed by atoms with Crippen LogP contribution in [0.1, 0.15) is 0 Å². The molecule has 0 unspecified atom stereocenters. The number of H-pyrrole nitrogens is 1. The summed E-state index contributed by atoms with van der Waals surface area (Å²) in [5, 5.41) is 0. The van der Waals surface area contributed by atoms with Gasteiger partial charge in [0.05, 0.1) is 12.8 Å². The van der Waals surface area contributed by atoms with Crippen molar-refractivity contribution in [2.24, 2.45) is 7.05 Å². The van der Waals surface area contributed by atoms with Crippen LogP contribution in [0.5, 0.6) is 5.75 Å². The fourth-order valence-corrected chi connectivity index (χ4v) is 3.57. The highest BCUT2D eigenvalue weighted by atomic mass is 19.1. The van der Waals surface area contributed by atoms with E-state index in [9.17, 15) is 14.0 Å². The molecule has 0 atom stereocenters. The molecule has 0 saturated heterocycles. The Morgan fingerprint density at radius 2 is 1.73 bits per heavy atom. The van der Waals surface area contributed by atoms with Gasteiger partial charge in [-0.15, -0.1) is 0 Å². The summed E-state index contributed by atoms with van der Waals surface area (Å²) in [4.78, 5) is 31.4. The molecule has 0 aliphatic heterocycles. The molecule has 0 spiro atoms. The quantitative estimate of drug-likeness (QED) is 0.500. The summed E-state index contributed by atoms with van der Waals surface area (Å²) in [7, 11) is 3.13. The third-order valence-electron chi connectivity index (χ3n) is 5.09. The lowest BCUT2D eigenvalue weighted by molar-refractivity contribution is 0.415. The molecule has 3 heterocycles. The number of methoxy groups -OCH3 is 1. The summed E-state index contributed by atoms with van der Waals surface area (Å²) in [6.07, 6.45) is 1.75. The average Bonchev–Trinajstić information content (AvgIpc) is 3.29. The van der Waals surface area contributed by atoms with Gasteiger partial charge in [-0.25, -0.2) is 9.18 Å². The smallest absolute Gasteiger partial charge is 0.329 e. The van der Waals surface area contributed by atoms with Gasteiger partial charge in [0, 0.05) is 24.5 Å². The Kier molecular flexibility index (Phi) is 3.85. The molecule has 0 aliphatic carbocycles. The molecule has 150 valence electrons. The summed E-state index contributed by atoms with van der Waals surface area (Å²) in [5.41, 5.74) is 1.67. The minimum atomic E-state index is -0.539. The van der Waals surface area contributed by atoms with Gasteiger partial charge in [-0.1, -0.05) is 0 Å². The maximum Gasteiger partial charge on any atom is 0.329 e. The SMILES string of the molecule is COc1ccc(-n2c(-c3ccc(F)cc3)cn3c4c(=O)[nH]c(=O)n(C)c4nc23)cc1. The van der Waals surface area contributed by atoms with E-state index in [0.29, 0.717) is 17.2 Å². The number of hydrogen-bond donors (Lipinski definition) is 1. The number of ether oxygens (including phenoxy) is 1. The van der Waals surface area contributed by atoms with E-state index in [4.69, 9.17) is 4.74 Å². The number of rotatable bonds is 3. The van der Waals surface area contributed by atoms with Gasteiger partial charge < -0.3 is 4.74 Å². The van der Waals surface area contributed by atoms with Crippen molar-refractivity contribution >= 4 is 16.9 Å². The molecule has 0 fully saturated rings. The van der Waals surface area contributed by atoms with Crippen molar-refractivity contribution < 1.29 is 9.13 Å². The molecule has 3 aromatic heterocycles. The van der Waals surface area contributed by atoms with Crippen LogP contribution in [0.25, 0.3) is 33.9 Å². The van der Waals surface area contributed by atoms with Crippen molar-refractivity contribution in [2.75, 3.05) is 7.11 Å². The summed E-state index contributed by atoms with van der Waals surface area (Å²) >= 11 is 0. The topological polar surface area (TPSA) is 86.3 Å². The highest BCUT2D eigenvalue weighted by Gasteiger charge is 2.20. The van der Waals surface area contributed by atoms with Gasteiger partial charge in [0.1, 0.15) is 11.6 Å². The van der Waals surface area contributed by atoms with Crippen molar-refractivity contribution in [3.63, 3.8) is 0 Å². The number of hydrogen-bond acceptors (Lipinski definition) is 4. The first-order valence-corrected chi connectivity index (χ1v) is 9.11. The minimum absolute atomic E-state index is 0.253. The Balaban J connectivity index is 1.90. The zero-order valence-corrected chi connectivity index (χ0v) is 16.1. The second kappa shape index (κ2) is 6.45. The van der Waals surface area contributed by atoms with Crippen LogP contribution in [-0.2, 0) is 7.05 Å². The third-order valence-corrected chi connectivity index (χ3v) is 5.09. The van der Waals surface area contributed by atoms with Gasteiger partial charge in [-0.3, -0.25) is 23.3 Å². The van der Waals surface area contributed by atoms with E-state index in [1.807, 2.05) is 28.8 Å². The molecule has 8 nitrogen and oxygen atoms in total. The number of nitrogens with zero attached hydrogens (tertiary/aromatic N) is 4. The lowest BCUT2D eigenvalue weighted by Gasteiger charge is -2.10. The highest BCUT2D eigenvalue weighted by Crippen LogP contribution is 2.29. The van der Waals surface area contributed by atoms with Crippen LogP contribution in [0.4, 0.5) is 4.39 Å². The molecule has 5 aromatic rings. The summed E-state index contributed by atoms with van der Waals surface area (Å²) in [5.74, 6) is 0.793. The van der Waals surface area contributed by atoms with Crippen LogP contribution < -0.4 is 16.0 Å². The Bertz CT molecular complexity index is 1520. The Hall–Kier alpha value is -4.14. The molecule has 2 aromatic carbocycles.